The fraction of sp³-hybridized carbons (Fsp3) is 0.867. The number of rotatable bonds is 9. The van der Waals surface area contributed by atoms with E-state index in [2.05, 4.69) is 11.6 Å². The molecule has 2 unspecified atom stereocenters. The summed E-state index contributed by atoms with van der Waals surface area (Å²) in [5.41, 5.74) is 0. The van der Waals surface area contributed by atoms with E-state index < -0.39 is 0 Å². The number of unbranched alkanes of at least 4 members (excludes halogenated alkanes) is 3. The van der Waals surface area contributed by atoms with E-state index in [1.165, 1.54) is 18.6 Å². The molecule has 0 bridgehead atoms. The average Bonchev–Trinajstić information content (AvgIpc) is 2.43. The molecule has 0 spiro atoms. The van der Waals surface area contributed by atoms with Gasteiger partial charge in [-0.25, -0.2) is 0 Å². The van der Waals surface area contributed by atoms with Crippen LogP contribution in [0.2, 0.25) is 0 Å². The molecule has 116 valence electrons. The monoisotopic (exact) mass is 300 g/mol. The van der Waals surface area contributed by atoms with Gasteiger partial charge in [0.1, 0.15) is 12.1 Å². The molecule has 0 saturated carbocycles. The Kier molecular flexibility index (Phi) is 8.04. The lowest BCUT2D eigenvalue weighted by Crippen LogP contribution is -2.62. The molecule has 0 aromatic heterocycles. The van der Waals surface area contributed by atoms with E-state index >= 15 is 0 Å². The number of hydrogen-bond acceptors (Lipinski definition) is 3. The maximum atomic E-state index is 12.3. The Morgan fingerprint density at radius 1 is 1.20 bits per heavy atom. The molecule has 0 radical (unpaired) electrons. The highest BCUT2D eigenvalue weighted by Gasteiger charge is 2.36. The largest absolute Gasteiger partial charge is 0.343 e. The molecule has 1 aliphatic rings. The summed E-state index contributed by atoms with van der Waals surface area (Å²) < 4.78 is 0. The van der Waals surface area contributed by atoms with Gasteiger partial charge in [-0.1, -0.05) is 26.2 Å². The van der Waals surface area contributed by atoms with E-state index in [9.17, 15) is 9.59 Å². The molecule has 0 aliphatic carbocycles. The van der Waals surface area contributed by atoms with Crippen molar-refractivity contribution in [1.82, 2.24) is 10.2 Å². The van der Waals surface area contributed by atoms with Crippen LogP contribution >= 0.6 is 11.8 Å². The summed E-state index contributed by atoms with van der Waals surface area (Å²) in [7, 11) is 0. The first-order valence-corrected chi connectivity index (χ1v) is 9.11. The Labute approximate surface area is 127 Å². The van der Waals surface area contributed by atoms with Crippen LogP contribution in [0.1, 0.15) is 52.4 Å². The summed E-state index contributed by atoms with van der Waals surface area (Å²) in [5.74, 6) is 1.30. The number of amides is 2. The molecule has 20 heavy (non-hydrogen) atoms. The fourth-order valence-electron chi connectivity index (χ4n) is 2.56. The molecule has 4 nitrogen and oxygen atoms in total. The summed E-state index contributed by atoms with van der Waals surface area (Å²) in [6, 6.07) is -0.623. The molecular formula is C15H28N2O2S. The van der Waals surface area contributed by atoms with Crippen molar-refractivity contribution in [1.29, 1.82) is 0 Å². The van der Waals surface area contributed by atoms with E-state index in [0.29, 0.717) is 6.54 Å². The third-order valence-corrected chi connectivity index (χ3v) is 4.52. The number of hydrogen-bond donors (Lipinski definition) is 1. The number of carbonyl (C=O) groups is 2. The van der Waals surface area contributed by atoms with Gasteiger partial charge in [-0.05, 0) is 38.2 Å². The molecule has 2 atom stereocenters. The second kappa shape index (κ2) is 9.27. The Morgan fingerprint density at radius 3 is 2.55 bits per heavy atom. The number of nitrogens with one attached hydrogen (secondary N) is 1. The van der Waals surface area contributed by atoms with Crippen molar-refractivity contribution in [2.24, 2.45) is 0 Å². The van der Waals surface area contributed by atoms with Crippen molar-refractivity contribution in [3.63, 3.8) is 0 Å². The van der Waals surface area contributed by atoms with Gasteiger partial charge in [0, 0.05) is 6.54 Å². The van der Waals surface area contributed by atoms with Crippen LogP contribution in [0.3, 0.4) is 0 Å². The van der Waals surface area contributed by atoms with Gasteiger partial charge in [0.15, 0.2) is 0 Å². The normalized spacial score (nSPS) is 23.1. The molecule has 1 N–H and O–H groups in total. The van der Waals surface area contributed by atoms with Crippen LogP contribution in [-0.2, 0) is 9.59 Å². The molecule has 0 aromatic rings. The van der Waals surface area contributed by atoms with Gasteiger partial charge in [-0.3, -0.25) is 9.59 Å². The molecule has 1 heterocycles. The number of carbonyl (C=O) groups excluding carboxylic acids is 2. The smallest absolute Gasteiger partial charge is 0.245 e. The Balaban J connectivity index is 2.40. The summed E-state index contributed by atoms with van der Waals surface area (Å²) in [6.07, 6.45) is 8.36. The quantitative estimate of drug-likeness (QED) is 0.665. The molecule has 1 aliphatic heterocycles. The van der Waals surface area contributed by atoms with Gasteiger partial charge in [-0.15, -0.1) is 0 Å². The van der Waals surface area contributed by atoms with Gasteiger partial charge < -0.3 is 10.2 Å². The second-order valence-corrected chi connectivity index (χ2v) is 6.45. The van der Waals surface area contributed by atoms with Gasteiger partial charge in [0.2, 0.25) is 11.8 Å². The van der Waals surface area contributed by atoms with Crippen LogP contribution < -0.4 is 5.32 Å². The van der Waals surface area contributed by atoms with Gasteiger partial charge in [0.05, 0.1) is 0 Å². The highest BCUT2D eigenvalue weighted by Crippen LogP contribution is 2.15. The zero-order valence-electron chi connectivity index (χ0n) is 13.0. The lowest BCUT2D eigenvalue weighted by atomic mass is 10.0. The first-order chi connectivity index (χ1) is 9.61. The summed E-state index contributed by atoms with van der Waals surface area (Å²) in [4.78, 5) is 26.0. The maximum absolute atomic E-state index is 12.3. The highest BCUT2D eigenvalue weighted by molar-refractivity contribution is 7.98. The molecule has 2 amide bonds. The summed E-state index contributed by atoms with van der Waals surface area (Å²) >= 11 is 1.88. The number of nitrogens with zero attached hydrogens (tertiary/aromatic N) is 1. The van der Waals surface area contributed by atoms with E-state index in [1.807, 2.05) is 25.6 Å². The average molecular weight is 300 g/mol. The van der Waals surface area contributed by atoms with Crippen molar-refractivity contribution in [3.8, 4) is 0 Å². The van der Waals surface area contributed by atoms with Gasteiger partial charge in [0.25, 0.3) is 0 Å². The lowest BCUT2D eigenvalue weighted by molar-refractivity contribution is -0.148. The minimum atomic E-state index is -0.318. The van der Waals surface area contributed by atoms with Crippen molar-refractivity contribution in [3.05, 3.63) is 0 Å². The molecule has 1 fully saturated rings. The maximum Gasteiger partial charge on any atom is 0.245 e. The van der Waals surface area contributed by atoms with Crippen molar-refractivity contribution in [2.75, 3.05) is 18.6 Å². The van der Waals surface area contributed by atoms with E-state index in [1.54, 1.807) is 4.90 Å². The van der Waals surface area contributed by atoms with E-state index in [4.69, 9.17) is 0 Å². The zero-order valence-corrected chi connectivity index (χ0v) is 13.8. The molecule has 0 aromatic carbocycles. The van der Waals surface area contributed by atoms with Gasteiger partial charge in [-0.2, -0.15) is 11.8 Å². The van der Waals surface area contributed by atoms with E-state index in [-0.39, 0.29) is 23.9 Å². The third-order valence-electron chi connectivity index (χ3n) is 3.82. The first kappa shape index (κ1) is 17.3. The summed E-state index contributed by atoms with van der Waals surface area (Å²) in [5, 5.41) is 2.83. The van der Waals surface area contributed by atoms with Gasteiger partial charge >= 0.3 is 0 Å². The molecule has 5 heteroatoms. The van der Waals surface area contributed by atoms with Crippen LogP contribution in [-0.4, -0.2) is 47.4 Å². The van der Waals surface area contributed by atoms with Crippen molar-refractivity contribution >= 4 is 23.6 Å². The molecule has 1 saturated heterocycles. The van der Waals surface area contributed by atoms with Crippen molar-refractivity contribution in [2.45, 2.75) is 64.5 Å². The standard InChI is InChI=1S/C15H28N2O2S/c1-4-9-13-15(19)17(12(2)14(18)16-13)10-7-5-6-8-11-20-3/h12-13H,4-11H2,1-3H3,(H,16,18). The topological polar surface area (TPSA) is 49.4 Å². The van der Waals surface area contributed by atoms with Crippen LogP contribution in [0.4, 0.5) is 0 Å². The fourth-order valence-corrected chi connectivity index (χ4v) is 3.05. The first-order valence-electron chi connectivity index (χ1n) is 7.71. The van der Waals surface area contributed by atoms with E-state index in [0.717, 1.165) is 25.7 Å². The Bertz CT molecular complexity index is 323. The minimum Gasteiger partial charge on any atom is -0.343 e. The van der Waals surface area contributed by atoms with Crippen LogP contribution in [0.5, 0.6) is 0 Å². The third kappa shape index (κ3) is 5.00. The zero-order chi connectivity index (χ0) is 15.0. The summed E-state index contributed by atoms with van der Waals surface area (Å²) in [6.45, 7) is 4.57. The van der Waals surface area contributed by atoms with Crippen LogP contribution in [0.15, 0.2) is 0 Å². The molecule has 1 rings (SSSR count). The SMILES string of the molecule is CCCC1NC(=O)C(C)N(CCCCCCSC)C1=O. The molecular weight excluding hydrogens is 272 g/mol. The Morgan fingerprint density at radius 2 is 1.90 bits per heavy atom. The predicted molar refractivity (Wildman–Crippen MR) is 84.9 cm³/mol. The van der Waals surface area contributed by atoms with Crippen LogP contribution in [0.25, 0.3) is 0 Å². The second-order valence-electron chi connectivity index (χ2n) is 5.46. The van der Waals surface area contributed by atoms with Crippen LogP contribution in [0, 0.1) is 0 Å². The van der Waals surface area contributed by atoms with Crippen molar-refractivity contribution < 1.29 is 9.59 Å². The number of piperazine rings is 1. The predicted octanol–water partition coefficient (Wildman–Crippen LogP) is 2.43. The highest BCUT2D eigenvalue weighted by atomic mass is 32.2. The lowest BCUT2D eigenvalue weighted by Gasteiger charge is -2.37. The Hall–Kier alpha value is -0.710. The minimum absolute atomic E-state index is 0.00886. The number of thioether (sulfide) groups is 1.